The monoisotopic (exact) mass is 557 g/mol. The number of guanidine groups is 1. The first kappa shape index (κ1) is 24.7. The van der Waals surface area contributed by atoms with Gasteiger partial charge in [-0.25, -0.2) is 0 Å². The van der Waals surface area contributed by atoms with Crippen LogP contribution in [0.2, 0.25) is 5.02 Å². The average molecular weight is 558 g/mol. The molecule has 3 aromatic rings. The molecule has 0 spiro atoms. The summed E-state index contributed by atoms with van der Waals surface area (Å²) in [6, 6.07) is 12.9. The highest BCUT2D eigenvalue weighted by molar-refractivity contribution is 14.0. The van der Waals surface area contributed by atoms with Crippen molar-refractivity contribution in [2.45, 2.75) is 13.3 Å². The fourth-order valence-corrected chi connectivity index (χ4v) is 2.82. The molecule has 0 unspecified atom stereocenters. The van der Waals surface area contributed by atoms with E-state index in [0.29, 0.717) is 47.2 Å². The van der Waals surface area contributed by atoms with Crippen LogP contribution in [0.15, 0.2) is 52.0 Å². The van der Waals surface area contributed by atoms with Crippen LogP contribution in [0.5, 0.6) is 11.5 Å². The second-order valence-electron chi connectivity index (χ2n) is 6.22. The normalized spacial score (nSPS) is 10.9. The molecule has 0 aliphatic carbocycles. The Labute approximate surface area is 203 Å². The molecule has 0 radical (unpaired) electrons. The molecule has 0 saturated heterocycles. The van der Waals surface area contributed by atoms with E-state index in [1.54, 1.807) is 26.4 Å². The number of ether oxygens (including phenoxy) is 2. The van der Waals surface area contributed by atoms with E-state index in [1.165, 1.54) is 0 Å². The molecule has 1 aromatic heterocycles. The van der Waals surface area contributed by atoms with Gasteiger partial charge < -0.3 is 24.6 Å². The van der Waals surface area contributed by atoms with Crippen molar-refractivity contribution in [2.24, 2.45) is 4.99 Å². The van der Waals surface area contributed by atoms with Gasteiger partial charge in [0.15, 0.2) is 17.5 Å². The number of aromatic nitrogens is 2. The lowest BCUT2D eigenvalue weighted by atomic mass is 10.2. The standard InChI is InChI=1S/C21H24ClN5O3.HI/c1-4-23-21(25-16-9-10-17(28-2)18(13-16)29-3)24-12-11-19-26-20(27-30-19)14-5-7-15(22)8-6-14;/h5-10,13H,4,11-12H2,1-3H3,(H2,23,24,25);1H. The van der Waals surface area contributed by atoms with Crippen molar-refractivity contribution in [3.8, 4) is 22.9 Å². The molecule has 166 valence electrons. The van der Waals surface area contributed by atoms with E-state index in [-0.39, 0.29) is 24.0 Å². The van der Waals surface area contributed by atoms with Crippen LogP contribution in [-0.4, -0.2) is 43.4 Å². The van der Waals surface area contributed by atoms with E-state index >= 15 is 0 Å². The third-order valence-electron chi connectivity index (χ3n) is 4.16. The Morgan fingerprint density at radius 3 is 2.52 bits per heavy atom. The summed E-state index contributed by atoms with van der Waals surface area (Å²) in [5.74, 6) is 2.99. The third-order valence-corrected chi connectivity index (χ3v) is 4.41. The van der Waals surface area contributed by atoms with E-state index in [9.17, 15) is 0 Å². The summed E-state index contributed by atoms with van der Waals surface area (Å²) in [5, 5.41) is 11.1. The van der Waals surface area contributed by atoms with Crippen molar-refractivity contribution in [1.82, 2.24) is 15.5 Å². The first-order valence-corrected chi connectivity index (χ1v) is 9.86. The number of hydrogen-bond acceptors (Lipinski definition) is 6. The number of benzene rings is 2. The molecule has 0 aliphatic heterocycles. The molecule has 8 nitrogen and oxygen atoms in total. The smallest absolute Gasteiger partial charge is 0.228 e. The second-order valence-corrected chi connectivity index (χ2v) is 6.66. The van der Waals surface area contributed by atoms with Crippen molar-refractivity contribution in [2.75, 3.05) is 32.6 Å². The highest BCUT2D eigenvalue weighted by Crippen LogP contribution is 2.29. The fourth-order valence-electron chi connectivity index (χ4n) is 2.69. The van der Waals surface area contributed by atoms with Crippen molar-refractivity contribution in [3.63, 3.8) is 0 Å². The van der Waals surface area contributed by atoms with Crippen LogP contribution in [0, 0.1) is 0 Å². The Kier molecular flexibility index (Phi) is 9.86. The van der Waals surface area contributed by atoms with Gasteiger partial charge in [0.2, 0.25) is 11.7 Å². The molecule has 0 atom stereocenters. The third kappa shape index (κ3) is 7.00. The fraction of sp³-hybridized carbons (Fsp3) is 0.286. The average Bonchev–Trinajstić information content (AvgIpc) is 3.23. The van der Waals surface area contributed by atoms with Gasteiger partial charge >= 0.3 is 0 Å². The molecule has 10 heteroatoms. The van der Waals surface area contributed by atoms with Gasteiger partial charge in [0.05, 0.1) is 20.8 Å². The Hall–Kier alpha value is -2.53. The maximum absolute atomic E-state index is 5.91. The molecular weight excluding hydrogens is 533 g/mol. The quantitative estimate of drug-likeness (QED) is 0.237. The Bertz CT molecular complexity index is 995. The number of nitrogens with one attached hydrogen (secondary N) is 2. The van der Waals surface area contributed by atoms with Crippen molar-refractivity contribution < 1.29 is 14.0 Å². The van der Waals surface area contributed by atoms with Crippen LogP contribution in [0.3, 0.4) is 0 Å². The summed E-state index contributed by atoms with van der Waals surface area (Å²) < 4.78 is 15.9. The minimum atomic E-state index is 0. The minimum Gasteiger partial charge on any atom is -0.493 e. The Balaban J connectivity index is 0.00000341. The molecular formula is C21H25ClIN5O3. The van der Waals surface area contributed by atoms with E-state index in [0.717, 1.165) is 17.8 Å². The zero-order valence-electron chi connectivity index (χ0n) is 17.5. The summed E-state index contributed by atoms with van der Waals surface area (Å²) in [7, 11) is 3.20. The summed E-state index contributed by atoms with van der Waals surface area (Å²) in [6.07, 6.45) is 0.517. The van der Waals surface area contributed by atoms with Gasteiger partial charge in [0.25, 0.3) is 0 Å². The second kappa shape index (κ2) is 12.4. The van der Waals surface area contributed by atoms with Gasteiger partial charge in [-0.1, -0.05) is 16.8 Å². The Morgan fingerprint density at radius 1 is 1.10 bits per heavy atom. The summed E-state index contributed by atoms with van der Waals surface area (Å²) in [5.41, 5.74) is 1.68. The minimum absolute atomic E-state index is 0. The first-order chi connectivity index (χ1) is 14.6. The van der Waals surface area contributed by atoms with Gasteiger partial charge in [-0.2, -0.15) is 4.98 Å². The van der Waals surface area contributed by atoms with Crippen LogP contribution in [0.1, 0.15) is 12.8 Å². The van der Waals surface area contributed by atoms with Gasteiger partial charge in [0, 0.05) is 35.3 Å². The lowest BCUT2D eigenvalue weighted by Gasteiger charge is -2.13. The molecule has 31 heavy (non-hydrogen) atoms. The Morgan fingerprint density at radius 2 is 1.84 bits per heavy atom. The molecule has 0 saturated carbocycles. The zero-order valence-corrected chi connectivity index (χ0v) is 20.6. The summed E-state index contributed by atoms with van der Waals surface area (Å²) in [4.78, 5) is 8.99. The van der Waals surface area contributed by atoms with E-state index < -0.39 is 0 Å². The molecule has 2 aromatic carbocycles. The molecule has 0 aliphatic rings. The number of aliphatic imine (C=N–C) groups is 1. The van der Waals surface area contributed by atoms with Crippen LogP contribution in [0.4, 0.5) is 5.69 Å². The maximum atomic E-state index is 5.91. The molecule has 1 heterocycles. The summed E-state index contributed by atoms with van der Waals surface area (Å²) in [6.45, 7) is 3.20. The summed E-state index contributed by atoms with van der Waals surface area (Å²) >= 11 is 5.91. The van der Waals surface area contributed by atoms with Crippen LogP contribution in [0.25, 0.3) is 11.4 Å². The number of nitrogens with zero attached hydrogens (tertiary/aromatic N) is 3. The van der Waals surface area contributed by atoms with Crippen molar-refractivity contribution in [3.05, 3.63) is 53.4 Å². The molecule has 0 bridgehead atoms. The molecule has 3 rings (SSSR count). The number of hydrogen-bond donors (Lipinski definition) is 2. The number of halogens is 2. The van der Waals surface area contributed by atoms with Gasteiger partial charge in [-0.05, 0) is 43.3 Å². The largest absolute Gasteiger partial charge is 0.493 e. The van der Waals surface area contributed by atoms with Crippen LogP contribution < -0.4 is 20.1 Å². The SMILES string of the molecule is CCNC(=NCCc1nc(-c2ccc(Cl)cc2)no1)Nc1ccc(OC)c(OC)c1.I. The lowest BCUT2D eigenvalue weighted by Crippen LogP contribution is -2.30. The predicted molar refractivity (Wildman–Crippen MR) is 133 cm³/mol. The molecule has 0 amide bonds. The van der Waals surface area contributed by atoms with Gasteiger partial charge in [-0.15, -0.1) is 24.0 Å². The lowest BCUT2D eigenvalue weighted by molar-refractivity contribution is 0.355. The molecule has 0 fully saturated rings. The van der Waals surface area contributed by atoms with Crippen molar-refractivity contribution in [1.29, 1.82) is 0 Å². The van der Waals surface area contributed by atoms with Crippen LogP contribution >= 0.6 is 35.6 Å². The van der Waals surface area contributed by atoms with Crippen molar-refractivity contribution >= 4 is 47.2 Å². The van der Waals surface area contributed by atoms with E-state index in [2.05, 4.69) is 25.8 Å². The zero-order chi connectivity index (χ0) is 21.3. The van der Waals surface area contributed by atoms with E-state index in [1.807, 2.05) is 37.3 Å². The molecule has 2 N–H and O–H groups in total. The maximum Gasteiger partial charge on any atom is 0.228 e. The first-order valence-electron chi connectivity index (χ1n) is 9.48. The van der Waals surface area contributed by atoms with Gasteiger partial charge in [0.1, 0.15) is 0 Å². The highest BCUT2D eigenvalue weighted by Gasteiger charge is 2.09. The van der Waals surface area contributed by atoms with Crippen LogP contribution in [-0.2, 0) is 6.42 Å². The topological polar surface area (TPSA) is 93.8 Å². The highest BCUT2D eigenvalue weighted by atomic mass is 127. The van der Waals surface area contributed by atoms with E-state index in [4.69, 9.17) is 25.6 Å². The number of rotatable bonds is 8. The number of methoxy groups -OCH3 is 2. The number of anilines is 1. The van der Waals surface area contributed by atoms with Gasteiger partial charge in [-0.3, -0.25) is 4.99 Å². The predicted octanol–water partition coefficient (Wildman–Crippen LogP) is 4.65.